The molecule has 0 radical (unpaired) electrons. The summed E-state index contributed by atoms with van der Waals surface area (Å²) in [4.78, 5) is 16.0. The van der Waals surface area contributed by atoms with Crippen molar-refractivity contribution in [3.05, 3.63) is 48.8 Å². The molecule has 128 valence electrons. The Morgan fingerprint density at radius 3 is 2.46 bits per heavy atom. The van der Waals surface area contributed by atoms with Crippen molar-refractivity contribution in [2.45, 2.75) is 13.0 Å². The van der Waals surface area contributed by atoms with E-state index in [-0.39, 0.29) is 5.91 Å². The van der Waals surface area contributed by atoms with E-state index in [1.54, 1.807) is 55.7 Å². The van der Waals surface area contributed by atoms with Gasteiger partial charge in [0.2, 0.25) is 10.0 Å². The zero-order valence-corrected chi connectivity index (χ0v) is 14.4. The van der Waals surface area contributed by atoms with Crippen LogP contribution in [0.5, 0.6) is 5.75 Å². The maximum absolute atomic E-state index is 12.1. The molecule has 24 heavy (non-hydrogen) atoms. The van der Waals surface area contributed by atoms with E-state index in [1.807, 2.05) is 0 Å². The minimum atomic E-state index is -3.32. The number of nitrogens with one attached hydrogen (secondary N) is 1. The molecule has 2 aromatic rings. The van der Waals surface area contributed by atoms with E-state index in [4.69, 9.17) is 4.74 Å². The number of hydrogen-bond acceptors (Lipinski definition) is 5. The van der Waals surface area contributed by atoms with Gasteiger partial charge in [0.1, 0.15) is 5.75 Å². The summed E-state index contributed by atoms with van der Waals surface area (Å²) in [5.41, 5.74) is 1.10. The number of carbonyl (C=O) groups excluding carboxylic acids is 1. The van der Waals surface area contributed by atoms with Crippen LogP contribution in [-0.2, 0) is 14.8 Å². The van der Waals surface area contributed by atoms with E-state index >= 15 is 0 Å². The quantitative estimate of drug-likeness (QED) is 0.860. The van der Waals surface area contributed by atoms with Gasteiger partial charge in [0.05, 0.1) is 23.8 Å². The van der Waals surface area contributed by atoms with Crippen molar-refractivity contribution in [3.8, 4) is 5.75 Å². The van der Waals surface area contributed by atoms with Gasteiger partial charge in [-0.25, -0.2) is 8.42 Å². The number of anilines is 2. The van der Waals surface area contributed by atoms with Crippen molar-refractivity contribution in [1.82, 2.24) is 4.98 Å². The molecule has 0 saturated carbocycles. The van der Waals surface area contributed by atoms with Crippen LogP contribution in [0, 0.1) is 0 Å². The van der Waals surface area contributed by atoms with Gasteiger partial charge in [-0.05, 0) is 43.3 Å². The maximum atomic E-state index is 12.1. The van der Waals surface area contributed by atoms with Crippen molar-refractivity contribution >= 4 is 27.3 Å². The normalized spacial score (nSPS) is 12.3. The van der Waals surface area contributed by atoms with Gasteiger partial charge >= 0.3 is 0 Å². The summed E-state index contributed by atoms with van der Waals surface area (Å²) in [5, 5.41) is 2.70. The Labute approximate surface area is 141 Å². The van der Waals surface area contributed by atoms with Crippen molar-refractivity contribution < 1.29 is 17.9 Å². The van der Waals surface area contributed by atoms with Crippen LogP contribution < -0.4 is 14.4 Å². The molecule has 1 heterocycles. The van der Waals surface area contributed by atoms with Gasteiger partial charge in [0.25, 0.3) is 5.91 Å². The van der Waals surface area contributed by atoms with Crippen LogP contribution in [0.25, 0.3) is 0 Å². The van der Waals surface area contributed by atoms with Crippen LogP contribution in [0.4, 0.5) is 11.4 Å². The second-order valence-electron chi connectivity index (χ2n) is 5.22. The Balaban J connectivity index is 1.99. The average Bonchev–Trinajstić information content (AvgIpc) is 2.55. The number of ether oxygens (including phenoxy) is 1. The molecule has 1 unspecified atom stereocenters. The molecule has 1 N–H and O–H groups in total. The van der Waals surface area contributed by atoms with E-state index in [0.717, 1.165) is 10.6 Å². The maximum Gasteiger partial charge on any atom is 0.265 e. The average molecular weight is 349 g/mol. The van der Waals surface area contributed by atoms with Crippen LogP contribution in [0.1, 0.15) is 6.92 Å². The molecule has 1 amide bonds. The Morgan fingerprint density at radius 2 is 1.92 bits per heavy atom. The zero-order chi connectivity index (χ0) is 17.7. The highest BCUT2D eigenvalue weighted by molar-refractivity contribution is 7.92. The van der Waals surface area contributed by atoms with Crippen molar-refractivity contribution in [3.63, 3.8) is 0 Å². The smallest absolute Gasteiger partial charge is 0.265 e. The lowest BCUT2D eigenvalue weighted by Gasteiger charge is -2.18. The summed E-state index contributed by atoms with van der Waals surface area (Å²) in [6.07, 6.45) is 3.57. The van der Waals surface area contributed by atoms with Gasteiger partial charge in [-0.2, -0.15) is 0 Å². The molecule has 0 aliphatic heterocycles. The fourth-order valence-corrected chi connectivity index (χ4v) is 2.37. The van der Waals surface area contributed by atoms with Gasteiger partial charge in [-0.3, -0.25) is 14.1 Å². The largest absolute Gasteiger partial charge is 0.481 e. The van der Waals surface area contributed by atoms with E-state index in [1.165, 1.54) is 7.05 Å². The number of amides is 1. The lowest BCUT2D eigenvalue weighted by atomic mass is 10.3. The topological polar surface area (TPSA) is 88.6 Å². The summed E-state index contributed by atoms with van der Waals surface area (Å²) in [7, 11) is -1.85. The van der Waals surface area contributed by atoms with Crippen LogP contribution >= 0.6 is 0 Å². The molecule has 0 spiro atoms. The number of nitrogens with zero attached hydrogens (tertiary/aromatic N) is 2. The third-order valence-electron chi connectivity index (χ3n) is 3.31. The first kappa shape index (κ1) is 17.7. The monoisotopic (exact) mass is 349 g/mol. The van der Waals surface area contributed by atoms with Crippen molar-refractivity contribution in [2.75, 3.05) is 22.9 Å². The minimum absolute atomic E-state index is 0.305. The standard InChI is InChI=1S/C16H19N3O4S/c1-12(16(20)18-13-5-4-10-17-11-13)23-15-8-6-14(7-9-15)19(2)24(3,21)22/h4-12H,1-3H3,(H,18,20). The number of pyridine rings is 1. The summed E-state index contributed by atoms with van der Waals surface area (Å²) in [6, 6.07) is 9.91. The molecule has 1 aromatic carbocycles. The van der Waals surface area contributed by atoms with Gasteiger partial charge in [-0.15, -0.1) is 0 Å². The zero-order valence-electron chi connectivity index (χ0n) is 13.6. The summed E-state index contributed by atoms with van der Waals surface area (Å²) in [6.45, 7) is 1.63. The predicted octanol–water partition coefficient (Wildman–Crippen LogP) is 1.88. The SMILES string of the molecule is CC(Oc1ccc(N(C)S(C)(=O)=O)cc1)C(=O)Nc1cccnc1. The minimum Gasteiger partial charge on any atom is -0.481 e. The number of sulfonamides is 1. The predicted molar refractivity (Wildman–Crippen MR) is 92.6 cm³/mol. The Hall–Kier alpha value is -2.61. The first-order chi connectivity index (χ1) is 11.3. The molecule has 0 fully saturated rings. The Bertz CT molecular complexity index is 792. The highest BCUT2D eigenvalue weighted by Crippen LogP contribution is 2.21. The number of rotatable bonds is 6. The van der Waals surface area contributed by atoms with Crippen LogP contribution in [0.2, 0.25) is 0 Å². The number of hydrogen-bond donors (Lipinski definition) is 1. The first-order valence-corrected chi connectivity index (χ1v) is 9.04. The summed E-state index contributed by atoms with van der Waals surface area (Å²) in [5.74, 6) is 0.162. The van der Waals surface area contributed by atoms with Crippen LogP contribution in [0.3, 0.4) is 0 Å². The Morgan fingerprint density at radius 1 is 1.25 bits per heavy atom. The molecule has 8 heteroatoms. The molecule has 2 rings (SSSR count). The molecule has 0 bridgehead atoms. The fourth-order valence-electron chi connectivity index (χ4n) is 1.86. The van der Waals surface area contributed by atoms with E-state index in [2.05, 4.69) is 10.3 Å². The van der Waals surface area contributed by atoms with Crippen molar-refractivity contribution in [2.24, 2.45) is 0 Å². The van der Waals surface area contributed by atoms with Crippen LogP contribution in [0.15, 0.2) is 48.8 Å². The lowest BCUT2D eigenvalue weighted by Crippen LogP contribution is -2.30. The van der Waals surface area contributed by atoms with E-state index in [9.17, 15) is 13.2 Å². The molecule has 0 aliphatic rings. The van der Waals surface area contributed by atoms with Crippen LogP contribution in [-0.4, -0.2) is 38.7 Å². The molecule has 1 aromatic heterocycles. The molecule has 1 atom stereocenters. The third-order valence-corrected chi connectivity index (χ3v) is 4.51. The van der Waals surface area contributed by atoms with Gasteiger partial charge in [0.15, 0.2) is 6.10 Å². The van der Waals surface area contributed by atoms with E-state index in [0.29, 0.717) is 17.1 Å². The van der Waals surface area contributed by atoms with Gasteiger partial charge < -0.3 is 10.1 Å². The second kappa shape index (κ2) is 7.31. The number of benzene rings is 1. The van der Waals surface area contributed by atoms with Gasteiger partial charge in [0, 0.05) is 13.2 Å². The summed E-state index contributed by atoms with van der Waals surface area (Å²) < 4.78 is 29.7. The third kappa shape index (κ3) is 4.69. The first-order valence-electron chi connectivity index (χ1n) is 7.19. The highest BCUT2D eigenvalue weighted by atomic mass is 32.2. The van der Waals surface area contributed by atoms with Gasteiger partial charge in [-0.1, -0.05) is 0 Å². The number of carbonyl (C=O) groups is 1. The molecule has 0 aliphatic carbocycles. The lowest BCUT2D eigenvalue weighted by molar-refractivity contribution is -0.122. The highest BCUT2D eigenvalue weighted by Gasteiger charge is 2.16. The van der Waals surface area contributed by atoms with Crippen molar-refractivity contribution in [1.29, 1.82) is 0 Å². The molecular weight excluding hydrogens is 330 g/mol. The van der Waals surface area contributed by atoms with E-state index < -0.39 is 16.1 Å². The molecule has 7 nitrogen and oxygen atoms in total. The Kier molecular flexibility index (Phi) is 5.40. The number of aromatic nitrogens is 1. The second-order valence-corrected chi connectivity index (χ2v) is 7.23. The summed E-state index contributed by atoms with van der Waals surface area (Å²) >= 11 is 0. The molecular formula is C16H19N3O4S. The molecule has 0 saturated heterocycles. The fraction of sp³-hybridized carbons (Fsp3) is 0.250.